The Kier molecular flexibility index (Phi) is 5.15. The number of alkyl halides is 2. The van der Waals surface area contributed by atoms with Gasteiger partial charge in [-0.05, 0) is 49.8 Å². The molecule has 9 nitrogen and oxygen atoms in total. The normalized spacial score (nSPS) is 22.0. The largest absolute Gasteiger partial charge is 0.350 e. The van der Waals surface area contributed by atoms with Gasteiger partial charge in [0.1, 0.15) is 11.3 Å². The minimum Gasteiger partial charge on any atom is -0.350 e. The highest BCUT2D eigenvalue weighted by molar-refractivity contribution is 5.82. The Morgan fingerprint density at radius 1 is 1.17 bits per heavy atom. The molecule has 0 spiro atoms. The van der Waals surface area contributed by atoms with E-state index in [9.17, 15) is 13.6 Å². The maximum atomic E-state index is 13.1. The number of pyridine rings is 1. The van der Waals surface area contributed by atoms with Gasteiger partial charge < -0.3 is 14.8 Å². The highest BCUT2D eigenvalue weighted by atomic mass is 19.3. The monoisotopic (exact) mass is 480 g/mol. The molecule has 0 radical (unpaired) electrons. The molecule has 6 rings (SSSR count). The average Bonchev–Trinajstić information content (AvgIpc) is 3.55. The number of nitrogens with one attached hydrogen (secondary N) is 1. The quantitative estimate of drug-likeness (QED) is 0.471. The smallest absolute Gasteiger partial charge is 0.256 e. The summed E-state index contributed by atoms with van der Waals surface area (Å²) >= 11 is 0. The molecular formula is C24H26F2N8O. The van der Waals surface area contributed by atoms with E-state index in [1.807, 2.05) is 23.2 Å². The molecule has 1 aliphatic heterocycles. The van der Waals surface area contributed by atoms with Gasteiger partial charge in [0.2, 0.25) is 11.9 Å². The summed E-state index contributed by atoms with van der Waals surface area (Å²) in [6.07, 6.45) is 3.12. The minimum atomic E-state index is -2.49. The number of imidazole rings is 1. The first-order valence-electron chi connectivity index (χ1n) is 11.8. The SMILES string of the molecule is CC(=O)N1C[C@H]2CC(Nc3ncc4c(-c5ccc6nc(C)n(CC(F)F)c6n5)ccn4n3)C[C@H]2C1. The predicted molar refractivity (Wildman–Crippen MR) is 126 cm³/mol. The third-order valence-corrected chi connectivity index (χ3v) is 7.33. The molecule has 3 atom stereocenters. The molecule has 2 fully saturated rings. The van der Waals surface area contributed by atoms with Crippen LogP contribution in [0.4, 0.5) is 14.7 Å². The summed E-state index contributed by atoms with van der Waals surface area (Å²) in [5.74, 6) is 2.28. The van der Waals surface area contributed by atoms with E-state index in [1.54, 1.807) is 30.6 Å². The maximum Gasteiger partial charge on any atom is 0.256 e. The summed E-state index contributed by atoms with van der Waals surface area (Å²) in [6, 6.07) is 5.83. The van der Waals surface area contributed by atoms with Gasteiger partial charge in [0.05, 0.1) is 24.0 Å². The molecule has 5 heterocycles. The van der Waals surface area contributed by atoms with Gasteiger partial charge in [0.25, 0.3) is 6.43 Å². The Labute approximate surface area is 200 Å². The number of halogens is 2. The van der Waals surface area contributed by atoms with Crippen molar-refractivity contribution in [1.82, 2.24) is 34.0 Å². The van der Waals surface area contributed by atoms with E-state index in [-0.39, 0.29) is 11.9 Å². The van der Waals surface area contributed by atoms with Crippen LogP contribution >= 0.6 is 0 Å². The molecule has 1 amide bonds. The summed E-state index contributed by atoms with van der Waals surface area (Å²) in [4.78, 5) is 27.1. The fourth-order valence-corrected chi connectivity index (χ4v) is 5.66. The zero-order valence-electron chi connectivity index (χ0n) is 19.5. The fraction of sp³-hybridized carbons (Fsp3) is 0.458. The number of likely N-dealkylation sites (tertiary alicyclic amines) is 1. The van der Waals surface area contributed by atoms with Crippen LogP contribution in [0.1, 0.15) is 25.6 Å². The molecule has 1 N–H and O–H groups in total. The highest BCUT2D eigenvalue weighted by Crippen LogP contribution is 2.39. The van der Waals surface area contributed by atoms with Crippen LogP contribution < -0.4 is 5.32 Å². The number of carbonyl (C=O) groups is 1. The Bertz CT molecular complexity index is 1420. The molecule has 1 aliphatic carbocycles. The lowest BCUT2D eigenvalue weighted by molar-refractivity contribution is -0.128. The van der Waals surface area contributed by atoms with Gasteiger partial charge in [0, 0.05) is 37.8 Å². The number of anilines is 1. The van der Waals surface area contributed by atoms with Crippen LogP contribution in [0.25, 0.3) is 27.9 Å². The van der Waals surface area contributed by atoms with Gasteiger partial charge >= 0.3 is 0 Å². The summed E-state index contributed by atoms with van der Waals surface area (Å²) in [5.41, 5.74) is 3.28. The van der Waals surface area contributed by atoms with Crippen LogP contribution in [0, 0.1) is 18.8 Å². The average molecular weight is 481 g/mol. The second kappa shape index (κ2) is 8.24. The van der Waals surface area contributed by atoms with E-state index in [1.165, 1.54) is 4.57 Å². The van der Waals surface area contributed by atoms with Crippen molar-refractivity contribution in [2.75, 3.05) is 18.4 Å². The number of aromatic nitrogens is 6. The van der Waals surface area contributed by atoms with E-state index >= 15 is 0 Å². The Morgan fingerprint density at radius 3 is 2.66 bits per heavy atom. The van der Waals surface area contributed by atoms with Crippen molar-refractivity contribution in [3.8, 4) is 11.3 Å². The van der Waals surface area contributed by atoms with E-state index in [2.05, 4.69) is 25.4 Å². The van der Waals surface area contributed by atoms with Crippen molar-refractivity contribution in [2.45, 2.75) is 45.7 Å². The first kappa shape index (κ1) is 21.9. The molecule has 4 aromatic heterocycles. The lowest BCUT2D eigenvalue weighted by Gasteiger charge is -2.18. The van der Waals surface area contributed by atoms with Crippen molar-refractivity contribution in [3.05, 3.63) is 36.4 Å². The van der Waals surface area contributed by atoms with Gasteiger partial charge in [-0.25, -0.2) is 28.2 Å². The van der Waals surface area contributed by atoms with E-state index in [4.69, 9.17) is 0 Å². The molecule has 11 heteroatoms. The van der Waals surface area contributed by atoms with Crippen LogP contribution in [0.5, 0.6) is 0 Å². The van der Waals surface area contributed by atoms with E-state index in [0.717, 1.165) is 37.0 Å². The zero-order valence-corrected chi connectivity index (χ0v) is 19.5. The molecule has 1 unspecified atom stereocenters. The summed E-state index contributed by atoms with van der Waals surface area (Å²) in [5, 5.41) is 8.09. The molecule has 182 valence electrons. The molecular weight excluding hydrogens is 454 g/mol. The summed E-state index contributed by atoms with van der Waals surface area (Å²) in [6.45, 7) is 4.58. The number of amides is 1. The first-order chi connectivity index (χ1) is 16.9. The van der Waals surface area contributed by atoms with Crippen LogP contribution in [0.3, 0.4) is 0 Å². The number of nitrogens with zero attached hydrogens (tertiary/aromatic N) is 7. The van der Waals surface area contributed by atoms with Crippen molar-refractivity contribution < 1.29 is 13.6 Å². The third kappa shape index (κ3) is 3.88. The predicted octanol–water partition coefficient (Wildman–Crippen LogP) is 3.38. The summed E-state index contributed by atoms with van der Waals surface area (Å²) in [7, 11) is 0. The first-order valence-corrected chi connectivity index (χ1v) is 11.8. The number of hydrogen-bond donors (Lipinski definition) is 1. The van der Waals surface area contributed by atoms with Crippen molar-refractivity contribution in [3.63, 3.8) is 0 Å². The van der Waals surface area contributed by atoms with Crippen molar-refractivity contribution >= 4 is 28.5 Å². The topological polar surface area (TPSA) is 93.2 Å². The molecule has 1 saturated heterocycles. The van der Waals surface area contributed by atoms with E-state index < -0.39 is 13.0 Å². The third-order valence-electron chi connectivity index (χ3n) is 7.33. The van der Waals surface area contributed by atoms with E-state index in [0.29, 0.717) is 40.5 Å². The van der Waals surface area contributed by atoms with Crippen LogP contribution in [-0.4, -0.2) is 65.5 Å². The van der Waals surface area contributed by atoms with Crippen molar-refractivity contribution in [2.24, 2.45) is 11.8 Å². The number of carbonyl (C=O) groups excluding carboxylic acids is 1. The molecule has 1 saturated carbocycles. The number of rotatable bonds is 5. The van der Waals surface area contributed by atoms with Gasteiger partial charge in [-0.15, -0.1) is 5.10 Å². The van der Waals surface area contributed by atoms with Gasteiger partial charge in [-0.3, -0.25) is 4.79 Å². The molecule has 35 heavy (non-hydrogen) atoms. The molecule has 0 aromatic carbocycles. The van der Waals surface area contributed by atoms with Gasteiger partial charge in [-0.1, -0.05) is 0 Å². The Balaban J connectivity index is 1.23. The lowest BCUT2D eigenvalue weighted by Crippen LogP contribution is -2.29. The highest BCUT2D eigenvalue weighted by Gasteiger charge is 2.41. The zero-order chi connectivity index (χ0) is 24.3. The standard InChI is InChI=1S/C24H26F2N8O/c1-13-28-20-4-3-19(30-23(20)33(13)12-22(25)26)18-5-6-34-21(18)9-27-24(31-34)29-17-7-15-10-32(14(2)35)11-16(15)8-17/h3-6,9,15-17,22H,7-8,10-12H2,1-2H3,(H,29,31)/t15-,16+,17?. The van der Waals surface area contributed by atoms with Crippen molar-refractivity contribution in [1.29, 1.82) is 0 Å². The summed E-state index contributed by atoms with van der Waals surface area (Å²) < 4.78 is 29.3. The number of aryl methyl sites for hydroxylation is 1. The molecule has 4 aromatic rings. The molecule has 0 bridgehead atoms. The minimum absolute atomic E-state index is 0.156. The number of fused-ring (bicyclic) bond motifs is 3. The molecule has 2 aliphatic rings. The van der Waals surface area contributed by atoms with Crippen LogP contribution in [0.2, 0.25) is 0 Å². The fourth-order valence-electron chi connectivity index (χ4n) is 5.66. The van der Waals surface area contributed by atoms with Crippen LogP contribution in [-0.2, 0) is 11.3 Å². The van der Waals surface area contributed by atoms with Gasteiger partial charge in [-0.2, -0.15) is 0 Å². The second-order valence-electron chi connectivity index (χ2n) is 9.60. The lowest BCUT2D eigenvalue weighted by atomic mass is 10.0. The van der Waals surface area contributed by atoms with Gasteiger partial charge in [0.15, 0.2) is 5.65 Å². The Morgan fingerprint density at radius 2 is 1.94 bits per heavy atom. The second-order valence-corrected chi connectivity index (χ2v) is 9.60. The number of hydrogen-bond acceptors (Lipinski definition) is 6. The maximum absolute atomic E-state index is 13.1. The van der Waals surface area contributed by atoms with Crippen LogP contribution in [0.15, 0.2) is 30.6 Å². The Hall–Kier alpha value is -3.63.